The van der Waals surface area contributed by atoms with Gasteiger partial charge in [0.25, 0.3) is 0 Å². The summed E-state index contributed by atoms with van der Waals surface area (Å²) in [7, 11) is 2.02. The Morgan fingerprint density at radius 2 is 2.05 bits per heavy atom. The van der Waals surface area contributed by atoms with E-state index in [4.69, 9.17) is 4.98 Å². The molecule has 5 heteroatoms. The molecule has 1 unspecified atom stereocenters. The van der Waals surface area contributed by atoms with Crippen molar-refractivity contribution in [2.24, 2.45) is 5.41 Å². The van der Waals surface area contributed by atoms with Crippen LogP contribution in [0.2, 0.25) is 0 Å². The SMILES string of the molecule is CNC1CC(C)(C)Cc2nc(-c3ncccn3)sc21. The average molecular weight is 274 g/mol. The summed E-state index contributed by atoms with van der Waals surface area (Å²) in [5.74, 6) is 0.731. The Morgan fingerprint density at radius 1 is 1.32 bits per heavy atom. The zero-order valence-electron chi connectivity index (χ0n) is 11.5. The van der Waals surface area contributed by atoms with Gasteiger partial charge >= 0.3 is 0 Å². The van der Waals surface area contributed by atoms with Gasteiger partial charge in [0.2, 0.25) is 0 Å². The molecule has 0 aliphatic heterocycles. The highest BCUT2D eigenvalue weighted by Gasteiger charge is 2.34. The number of hydrogen-bond acceptors (Lipinski definition) is 5. The quantitative estimate of drug-likeness (QED) is 0.915. The first-order valence-corrected chi connectivity index (χ1v) is 7.35. The van der Waals surface area contributed by atoms with Gasteiger partial charge in [0.1, 0.15) is 0 Å². The van der Waals surface area contributed by atoms with Gasteiger partial charge in [-0.15, -0.1) is 11.3 Å². The Morgan fingerprint density at radius 3 is 2.74 bits per heavy atom. The summed E-state index contributed by atoms with van der Waals surface area (Å²) >= 11 is 1.72. The second kappa shape index (κ2) is 4.65. The third-order valence-corrected chi connectivity index (χ3v) is 4.76. The molecular weight excluding hydrogens is 256 g/mol. The molecule has 1 aliphatic rings. The Bertz CT molecular complexity index is 576. The molecule has 0 saturated carbocycles. The molecule has 100 valence electrons. The summed E-state index contributed by atoms with van der Waals surface area (Å²) in [5, 5.41) is 4.34. The van der Waals surface area contributed by atoms with E-state index in [1.54, 1.807) is 23.7 Å². The van der Waals surface area contributed by atoms with Gasteiger partial charge in [0.05, 0.1) is 5.69 Å². The van der Waals surface area contributed by atoms with Crippen molar-refractivity contribution in [3.8, 4) is 10.8 Å². The van der Waals surface area contributed by atoms with Crippen molar-refractivity contribution in [2.75, 3.05) is 7.05 Å². The lowest BCUT2D eigenvalue weighted by Gasteiger charge is -2.34. The fourth-order valence-corrected chi connectivity index (χ4v) is 3.81. The Labute approximate surface area is 117 Å². The van der Waals surface area contributed by atoms with Crippen molar-refractivity contribution in [3.05, 3.63) is 29.0 Å². The van der Waals surface area contributed by atoms with Crippen molar-refractivity contribution in [2.45, 2.75) is 32.7 Å². The smallest absolute Gasteiger partial charge is 0.188 e. The maximum absolute atomic E-state index is 4.77. The average Bonchev–Trinajstić information content (AvgIpc) is 2.81. The number of fused-ring (bicyclic) bond motifs is 1. The van der Waals surface area contributed by atoms with Gasteiger partial charge < -0.3 is 5.32 Å². The molecule has 1 N–H and O–H groups in total. The number of thiazole rings is 1. The first kappa shape index (κ1) is 12.7. The van der Waals surface area contributed by atoms with E-state index in [0.717, 1.165) is 23.7 Å². The van der Waals surface area contributed by atoms with Crippen molar-refractivity contribution >= 4 is 11.3 Å². The predicted octanol–water partition coefficient (Wildman–Crippen LogP) is 2.83. The lowest BCUT2D eigenvalue weighted by atomic mass is 9.76. The van der Waals surface area contributed by atoms with Crippen LogP contribution in [0.1, 0.15) is 36.9 Å². The molecule has 2 aromatic rings. The minimum Gasteiger partial charge on any atom is -0.312 e. The maximum Gasteiger partial charge on any atom is 0.188 e. The monoisotopic (exact) mass is 274 g/mol. The van der Waals surface area contributed by atoms with E-state index in [0.29, 0.717) is 11.5 Å². The molecule has 0 radical (unpaired) electrons. The molecule has 1 atom stereocenters. The van der Waals surface area contributed by atoms with Gasteiger partial charge in [-0.1, -0.05) is 13.8 Å². The predicted molar refractivity (Wildman–Crippen MR) is 77.0 cm³/mol. The van der Waals surface area contributed by atoms with E-state index in [9.17, 15) is 0 Å². The fourth-order valence-electron chi connectivity index (χ4n) is 2.67. The second-order valence-corrected chi connectivity index (χ2v) is 6.82. The Balaban J connectivity index is 2.03. The van der Waals surface area contributed by atoms with Gasteiger partial charge in [-0.3, -0.25) is 0 Å². The van der Waals surface area contributed by atoms with Gasteiger partial charge in [0, 0.05) is 23.3 Å². The number of rotatable bonds is 2. The van der Waals surface area contributed by atoms with E-state index < -0.39 is 0 Å². The molecular formula is C14H18N4S. The van der Waals surface area contributed by atoms with Crippen molar-refractivity contribution in [1.82, 2.24) is 20.3 Å². The number of nitrogens with one attached hydrogen (secondary N) is 1. The Kier molecular flexibility index (Phi) is 3.11. The van der Waals surface area contributed by atoms with Crippen molar-refractivity contribution in [1.29, 1.82) is 0 Å². The standard InChI is InChI=1S/C14H18N4S/c1-14(2)7-9(15-3)11-10(8-14)18-13(19-11)12-16-5-4-6-17-12/h4-6,9,15H,7-8H2,1-3H3. The summed E-state index contributed by atoms with van der Waals surface area (Å²) in [5.41, 5.74) is 1.51. The normalized spacial score (nSPS) is 21.1. The fraction of sp³-hybridized carbons (Fsp3) is 0.500. The molecule has 0 aromatic carbocycles. The molecule has 1 aliphatic carbocycles. The number of nitrogens with zero attached hydrogens (tertiary/aromatic N) is 3. The first-order chi connectivity index (χ1) is 9.09. The van der Waals surface area contributed by atoms with Crippen LogP contribution in [0.25, 0.3) is 10.8 Å². The molecule has 2 heterocycles. The molecule has 19 heavy (non-hydrogen) atoms. The van der Waals surface area contributed by atoms with E-state index in [1.165, 1.54) is 10.6 Å². The summed E-state index contributed by atoms with van der Waals surface area (Å²) in [4.78, 5) is 14.7. The molecule has 3 rings (SSSR count). The van der Waals surface area contributed by atoms with Crippen LogP contribution in [0.3, 0.4) is 0 Å². The van der Waals surface area contributed by atoms with Crippen LogP contribution < -0.4 is 5.32 Å². The van der Waals surface area contributed by atoms with E-state index >= 15 is 0 Å². The molecule has 0 bridgehead atoms. The van der Waals surface area contributed by atoms with Crippen LogP contribution in [0.15, 0.2) is 18.5 Å². The van der Waals surface area contributed by atoms with Crippen LogP contribution in [-0.2, 0) is 6.42 Å². The summed E-state index contributed by atoms with van der Waals surface area (Å²) < 4.78 is 0. The minimum atomic E-state index is 0.295. The summed E-state index contributed by atoms with van der Waals surface area (Å²) in [6.07, 6.45) is 5.71. The second-order valence-electron chi connectivity index (χ2n) is 5.79. The van der Waals surface area contributed by atoms with E-state index in [-0.39, 0.29) is 0 Å². The van der Waals surface area contributed by atoms with E-state index in [2.05, 4.69) is 29.1 Å². The molecule has 4 nitrogen and oxygen atoms in total. The molecule has 0 spiro atoms. The van der Waals surface area contributed by atoms with Crippen molar-refractivity contribution in [3.63, 3.8) is 0 Å². The molecule has 0 fully saturated rings. The summed E-state index contributed by atoms with van der Waals surface area (Å²) in [6.45, 7) is 4.61. The Hall–Kier alpha value is -1.33. The lowest BCUT2D eigenvalue weighted by molar-refractivity contribution is 0.265. The lowest BCUT2D eigenvalue weighted by Crippen LogP contribution is -2.30. The highest BCUT2D eigenvalue weighted by molar-refractivity contribution is 7.15. The topological polar surface area (TPSA) is 50.7 Å². The maximum atomic E-state index is 4.77. The van der Waals surface area contributed by atoms with Crippen LogP contribution >= 0.6 is 11.3 Å². The molecule has 2 aromatic heterocycles. The van der Waals surface area contributed by atoms with Gasteiger partial charge in [-0.25, -0.2) is 15.0 Å². The van der Waals surface area contributed by atoms with Gasteiger partial charge in [0.15, 0.2) is 10.8 Å². The van der Waals surface area contributed by atoms with E-state index in [1.807, 2.05) is 13.1 Å². The highest BCUT2D eigenvalue weighted by atomic mass is 32.1. The van der Waals surface area contributed by atoms with Crippen LogP contribution in [0, 0.1) is 5.41 Å². The molecule has 0 saturated heterocycles. The number of hydrogen-bond donors (Lipinski definition) is 1. The van der Waals surface area contributed by atoms with Crippen LogP contribution in [0.5, 0.6) is 0 Å². The zero-order chi connectivity index (χ0) is 13.5. The zero-order valence-corrected chi connectivity index (χ0v) is 12.3. The molecule has 0 amide bonds. The van der Waals surface area contributed by atoms with Gasteiger partial charge in [-0.05, 0) is 31.4 Å². The van der Waals surface area contributed by atoms with Gasteiger partial charge in [-0.2, -0.15) is 0 Å². The van der Waals surface area contributed by atoms with Crippen LogP contribution in [-0.4, -0.2) is 22.0 Å². The first-order valence-electron chi connectivity index (χ1n) is 6.53. The van der Waals surface area contributed by atoms with Crippen LogP contribution in [0.4, 0.5) is 0 Å². The largest absolute Gasteiger partial charge is 0.312 e. The third-order valence-electron chi connectivity index (χ3n) is 3.55. The highest BCUT2D eigenvalue weighted by Crippen LogP contribution is 2.44. The summed E-state index contributed by atoms with van der Waals surface area (Å²) in [6, 6.07) is 2.23. The minimum absolute atomic E-state index is 0.295. The van der Waals surface area contributed by atoms with Crippen molar-refractivity contribution < 1.29 is 0 Å². The number of aromatic nitrogens is 3. The third kappa shape index (κ3) is 2.40.